The fraction of sp³-hybridized carbons (Fsp3) is 0.429. The van der Waals surface area contributed by atoms with E-state index in [1.807, 2.05) is 41.1 Å². The highest BCUT2D eigenvalue weighted by molar-refractivity contribution is 5.92. The molecule has 1 atom stereocenters. The van der Waals surface area contributed by atoms with Crippen molar-refractivity contribution in [1.82, 2.24) is 20.0 Å². The van der Waals surface area contributed by atoms with Gasteiger partial charge in [0.05, 0.1) is 11.3 Å². The van der Waals surface area contributed by atoms with Gasteiger partial charge in [0.2, 0.25) is 0 Å². The van der Waals surface area contributed by atoms with Crippen LogP contribution in [-0.2, 0) is 19.0 Å². The van der Waals surface area contributed by atoms with Gasteiger partial charge in [-0.25, -0.2) is 4.68 Å². The van der Waals surface area contributed by atoms with E-state index in [9.17, 15) is 18.0 Å². The van der Waals surface area contributed by atoms with Gasteiger partial charge in [-0.05, 0) is 67.5 Å². The molecule has 0 spiro atoms. The zero-order chi connectivity index (χ0) is 25.7. The van der Waals surface area contributed by atoms with Crippen LogP contribution >= 0.6 is 0 Å². The van der Waals surface area contributed by atoms with Gasteiger partial charge in [0.1, 0.15) is 0 Å². The number of carbonyl (C=O) groups is 1. The van der Waals surface area contributed by atoms with Crippen LogP contribution in [-0.4, -0.2) is 46.8 Å². The summed E-state index contributed by atoms with van der Waals surface area (Å²) in [5.41, 5.74) is 2.08. The summed E-state index contributed by atoms with van der Waals surface area (Å²) in [7, 11) is 0. The molecule has 1 aliphatic rings. The lowest BCUT2D eigenvalue weighted by molar-refractivity contribution is -0.138. The van der Waals surface area contributed by atoms with Crippen LogP contribution in [0.1, 0.15) is 47.6 Å². The molecule has 1 aromatic heterocycles. The largest absolute Gasteiger partial charge is 0.416 e. The summed E-state index contributed by atoms with van der Waals surface area (Å²) in [6.07, 6.45) is -2.27. The molecule has 5 nitrogen and oxygen atoms in total. The predicted octanol–water partition coefficient (Wildman–Crippen LogP) is 5.38. The second-order valence-corrected chi connectivity index (χ2v) is 9.94. The SMILES string of the molecule is CC(C)Cc1cc(C(=O)NC[C@H]2CCN(CCc3ccccc3C(F)(F)F)C2)nn1-c1ccccc1. The van der Waals surface area contributed by atoms with Crippen LogP contribution in [0.25, 0.3) is 5.69 Å². The number of carbonyl (C=O) groups excluding carboxylic acids is 1. The molecule has 8 heteroatoms. The summed E-state index contributed by atoms with van der Waals surface area (Å²) in [5.74, 6) is 0.484. The lowest BCUT2D eigenvalue weighted by Gasteiger charge is -2.18. The van der Waals surface area contributed by atoms with Crippen molar-refractivity contribution in [2.75, 3.05) is 26.2 Å². The normalized spacial score (nSPS) is 16.6. The van der Waals surface area contributed by atoms with E-state index in [1.165, 1.54) is 6.07 Å². The second-order valence-electron chi connectivity index (χ2n) is 9.94. The number of amides is 1. The van der Waals surface area contributed by atoms with E-state index >= 15 is 0 Å². The van der Waals surface area contributed by atoms with Gasteiger partial charge in [-0.1, -0.05) is 50.2 Å². The minimum atomic E-state index is -4.34. The highest BCUT2D eigenvalue weighted by Crippen LogP contribution is 2.32. The fourth-order valence-electron chi connectivity index (χ4n) is 4.79. The Bertz CT molecular complexity index is 1160. The standard InChI is InChI=1S/C28H33F3N4O/c1-20(2)16-24-17-26(33-35(24)23-9-4-3-5-10-23)27(36)32-18-21-12-14-34(19-21)15-13-22-8-6-7-11-25(22)28(29,30)31/h3-11,17,20-21H,12-16,18-19H2,1-2H3,(H,32,36)/t21-/m1/s1. The summed E-state index contributed by atoms with van der Waals surface area (Å²) in [6.45, 7) is 6.93. The molecule has 1 fully saturated rings. The Morgan fingerprint density at radius 1 is 1.11 bits per heavy atom. The Balaban J connectivity index is 1.32. The van der Waals surface area contributed by atoms with Crippen LogP contribution in [0, 0.1) is 11.8 Å². The number of halogens is 3. The Morgan fingerprint density at radius 3 is 2.56 bits per heavy atom. The summed E-state index contributed by atoms with van der Waals surface area (Å²) in [4.78, 5) is 15.1. The molecule has 4 rings (SSSR count). The lowest BCUT2D eigenvalue weighted by atomic mass is 10.0. The molecule has 0 saturated carbocycles. The van der Waals surface area contributed by atoms with Gasteiger partial charge in [0.15, 0.2) is 5.69 Å². The smallest absolute Gasteiger partial charge is 0.350 e. The molecule has 2 heterocycles. The van der Waals surface area contributed by atoms with Gasteiger partial charge >= 0.3 is 6.18 Å². The molecule has 1 N–H and O–H groups in total. The molecular weight excluding hydrogens is 465 g/mol. The first-order valence-corrected chi connectivity index (χ1v) is 12.5. The van der Waals surface area contributed by atoms with E-state index in [2.05, 4.69) is 29.2 Å². The number of hydrogen-bond acceptors (Lipinski definition) is 3. The topological polar surface area (TPSA) is 50.2 Å². The lowest BCUT2D eigenvalue weighted by Crippen LogP contribution is -2.31. The molecule has 1 aliphatic heterocycles. The van der Waals surface area contributed by atoms with Gasteiger partial charge in [0.25, 0.3) is 5.91 Å². The van der Waals surface area contributed by atoms with E-state index in [1.54, 1.807) is 12.1 Å². The van der Waals surface area contributed by atoms with Crippen molar-refractivity contribution >= 4 is 5.91 Å². The predicted molar refractivity (Wildman–Crippen MR) is 134 cm³/mol. The number of nitrogens with zero attached hydrogens (tertiary/aromatic N) is 3. The minimum Gasteiger partial charge on any atom is -0.350 e. The third-order valence-corrected chi connectivity index (χ3v) is 6.58. The molecule has 0 unspecified atom stereocenters. The number of hydrogen-bond donors (Lipinski definition) is 1. The van der Waals surface area contributed by atoms with Gasteiger partial charge in [-0.2, -0.15) is 18.3 Å². The molecule has 1 amide bonds. The first-order chi connectivity index (χ1) is 17.2. The van der Waals surface area contributed by atoms with Crippen molar-refractivity contribution in [2.24, 2.45) is 11.8 Å². The Hall–Kier alpha value is -3.13. The van der Waals surface area contributed by atoms with Crippen molar-refractivity contribution in [2.45, 2.75) is 39.3 Å². The van der Waals surface area contributed by atoms with Gasteiger partial charge in [-0.3, -0.25) is 4.79 Å². The number of aromatic nitrogens is 2. The Morgan fingerprint density at radius 2 is 1.83 bits per heavy atom. The van der Waals surface area contributed by atoms with E-state index in [4.69, 9.17) is 0 Å². The Labute approximate surface area is 210 Å². The monoisotopic (exact) mass is 498 g/mol. The highest BCUT2D eigenvalue weighted by atomic mass is 19.4. The summed E-state index contributed by atoms with van der Waals surface area (Å²) >= 11 is 0. The average molecular weight is 499 g/mol. The van der Waals surface area contributed by atoms with E-state index in [-0.39, 0.29) is 11.8 Å². The molecule has 36 heavy (non-hydrogen) atoms. The number of likely N-dealkylation sites (tertiary alicyclic amines) is 1. The molecule has 3 aromatic rings. The Kier molecular flexibility index (Phi) is 8.14. The maximum atomic E-state index is 13.3. The van der Waals surface area contributed by atoms with E-state index in [0.29, 0.717) is 36.7 Å². The van der Waals surface area contributed by atoms with Crippen LogP contribution < -0.4 is 5.32 Å². The molecule has 2 aromatic carbocycles. The molecular formula is C28H33F3N4O. The van der Waals surface area contributed by atoms with Crippen molar-refractivity contribution in [1.29, 1.82) is 0 Å². The van der Waals surface area contributed by atoms with Crippen LogP contribution in [0.5, 0.6) is 0 Å². The maximum absolute atomic E-state index is 13.3. The van der Waals surface area contributed by atoms with Gasteiger partial charge in [0, 0.05) is 25.3 Å². The number of nitrogens with one attached hydrogen (secondary N) is 1. The van der Waals surface area contributed by atoms with Gasteiger partial charge < -0.3 is 10.2 Å². The second kappa shape index (κ2) is 11.3. The van der Waals surface area contributed by atoms with Crippen molar-refractivity contribution < 1.29 is 18.0 Å². The first-order valence-electron chi connectivity index (χ1n) is 12.5. The number of alkyl halides is 3. The van der Waals surface area contributed by atoms with E-state index < -0.39 is 11.7 Å². The molecule has 0 radical (unpaired) electrons. The average Bonchev–Trinajstić information content (AvgIpc) is 3.48. The maximum Gasteiger partial charge on any atom is 0.416 e. The number of rotatable bonds is 9. The van der Waals surface area contributed by atoms with Crippen molar-refractivity contribution in [3.8, 4) is 5.69 Å². The number of para-hydroxylation sites is 1. The fourth-order valence-corrected chi connectivity index (χ4v) is 4.79. The summed E-state index contributed by atoms with van der Waals surface area (Å²) in [6, 6.07) is 17.4. The third kappa shape index (κ3) is 6.55. The van der Waals surface area contributed by atoms with Crippen LogP contribution in [0.2, 0.25) is 0 Å². The first kappa shape index (κ1) is 25.9. The zero-order valence-corrected chi connectivity index (χ0v) is 20.8. The number of benzene rings is 2. The van der Waals surface area contributed by atoms with Crippen LogP contribution in [0.15, 0.2) is 60.7 Å². The molecule has 0 bridgehead atoms. The molecule has 0 aliphatic carbocycles. The summed E-state index contributed by atoms with van der Waals surface area (Å²) in [5, 5.41) is 7.61. The van der Waals surface area contributed by atoms with Crippen molar-refractivity contribution in [3.63, 3.8) is 0 Å². The van der Waals surface area contributed by atoms with E-state index in [0.717, 1.165) is 43.4 Å². The minimum absolute atomic E-state index is 0.202. The van der Waals surface area contributed by atoms with Crippen LogP contribution in [0.3, 0.4) is 0 Å². The van der Waals surface area contributed by atoms with Crippen molar-refractivity contribution in [3.05, 3.63) is 83.2 Å². The summed E-state index contributed by atoms with van der Waals surface area (Å²) < 4.78 is 41.6. The quantitative estimate of drug-likeness (QED) is 0.431. The van der Waals surface area contributed by atoms with Crippen LogP contribution in [0.4, 0.5) is 13.2 Å². The highest BCUT2D eigenvalue weighted by Gasteiger charge is 2.33. The molecule has 192 valence electrons. The zero-order valence-electron chi connectivity index (χ0n) is 20.8. The third-order valence-electron chi connectivity index (χ3n) is 6.58. The molecule has 1 saturated heterocycles. The van der Waals surface area contributed by atoms with Gasteiger partial charge in [-0.15, -0.1) is 0 Å².